The molecule has 3 atom stereocenters. The van der Waals surface area contributed by atoms with Crippen LogP contribution in [0.4, 0.5) is 0 Å². The summed E-state index contributed by atoms with van der Waals surface area (Å²) in [6.45, 7) is 6.41. The molecule has 0 spiro atoms. The molecule has 1 aromatic heterocycles. The van der Waals surface area contributed by atoms with E-state index < -0.39 is 0 Å². The van der Waals surface area contributed by atoms with Crippen LogP contribution >= 0.6 is 11.8 Å². The first-order valence-electron chi connectivity index (χ1n) is 9.78. The molecule has 2 fully saturated rings. The Balaban J connectivity index is 1.59. The van der Waals surface area contributed by atoms with Gasteiger partial charge in [-0.2, -0.15) is 11.8 Å². The lowest BCUT2D eigenvalue weighted by atomic mass is 10.2. The number of hydrogen-bond acceptors (Lipinski definition) is 5. The van der Waals surface area contributed by atoms with E-state index in [2.05, 4.69) is 39.5 Å². The number of guanidine groups is 1. The van der Waals surface area contributed by atoms with Crippen molar-refractivity contribution in [2.24, 2.45) is 12.0 Å². The molecule has 7 nitrogen and oxygen atoms in total. The summed E-state index contributed by atoms with van der Waals surface area (Å²) in [5.41, 5.74) is 0. The first-order chi connectivity index (χ1) is 12.7. The summed E-state index contributed by atoms with van der Waals surface area (Å²) in [6, 6.07) is 0.496. The Morgan fingerprint density at radius 2 is 2.23 bits per heavy atom. The Morgan fingerprint density at radius 1 is 1.35 bits per heavy atom. The summed E-state index contributed by atoms with van der Waals surface area (Å²) in [4.78, 5) is 4.77. The van der Waals surface area contributed by atoms with Gasteiger partial charge in [0.05, 0.1) is 6.10 Å². The predicted molar refractivity (Wildman–Crippen MR) is 107 cm³/mol. The molecular weight excluding hydrogens is 348 g/mol. The number of aliphatic imine (C=N–C) groups is 1. The molecule has 3 unspecified atom stereocenters. The molecule has 146 valence electrons. The monoisotopic (exact) mass is 380 g/mol. The zero-order valence-electron chi connectivity index (χ0n) is 16.2. The van der Waals surface area contributed by atoms with Gasteiger partial charge in [-0.15, -0.1) is 10.2 Å². The van der Waals surface area contributed by atoms with Crippen LogP contribution in [0.25, 0.3) is 0 Å². The average molecular weight is 381 g/mol. The van der Waals surface area contributed by atoms with Crippen LogP contribution in [0.1, 0.15) is 50.7 Å². The fourth-order valence-corrected chi connectivity index (χ4v) is 4.70. The van der Waals surface area contributed by atoms with Crippen molar-refractivity contribution in [3.63, 3.8) is 0 Å². The van der Waals surface area contributed by atoms with E-state index >= 15 is 0 Å². The molecule has 2 heterocycles. The van der Waals surface area contributed by atoms with E-state index in [0.717, 1.165) is 48.9 Å². The molecule has 2 aliphatic rings. The summed E-state index contributed by atoms with van der Waals surface area (Å²) in [6.07, 6.45) is 6.29. The van der Waals surface area contributed by atoms with Gasteiger partial charge in [-0.25, -0.2) is 4.99 Å². The molecule has 2 N–H and O–H groups in total. The fraction of sp³-hybridized carbons (Fsp3) is 0.833. The Bertz CT molecular complexity index is 599. The molecule has 0 bridgehead atoms. The number of hydrogen-bond donors (Lipinski definition) is 2. The fourth-order valence-electron chi connectivity index (χ4n) is 3.56. The number of nitrogens with zero attached hydrogens (tertiary/aromatic N) is 4. The van der Waals surface area contributed by atoms with E-state index in [-0.39, 0.29) is 0 Å². The van der Waals surface area contributed by atoms with Gasteiger partial charge in [0.2, 0.25) is 0 Å². The molecule has 1 saturated carbocycles. The standard InChI is InChI=1S/C18H32N6OS/c1-4-26-16-8-7-14(10-16)21-18(19-11-15-6-5-9-25-15)20-12-17-23-22-13(2)24(17)3/h14-16H,4-12H2,1-3H3,(H2,19,20,21). The second kappa shape index (κ2) is 9.60. The third-order valence-electron chi connectivity index (χ3n) is 5.21. The molecule has 0 radical (unpaired) electrons. The molecule has 1 aromatic rings. The van der Waals surface area contributed by atoms with Crippen molar-refractivity contribution < 1.29 is 4.74 Å². The number of nitrogens with one attached hydrogen (secondary N) is 2. The van der Waals surface area contributed by atoms with Crippen molar-refractivity contribution in [3.05, 3.63) is 11.6 Å². The van der Waals surface area contributed by atoms with E-state index in [1.807, 2.05) is 18.5 Å². The van der Waals surface area contributed by atoms with E-state index in [9.17, 15) is 0 Å². The van der Waals surface area contributed by atoms with E-state index in [1.165, 1.54) is 25.0 Å². The number of thioether (sulfide) groups is 1. The highest BCUT2D eigenvalue weighted by Crippen LogP contribution is 2.29. The van der Waals surface area contributed by atoms with Gasteiger partial charge in [-0.3, -0.25) is 0 Å². The number of rotatable bonds is 7. The molecule has 1 saturated heterocycles. The van der Waals surface area contributed by atoms with Crippen LogP contribution in [0.15, 0.2) is 4.99 Å². The van der Waals surface area contributed by atoms with Gasteiger partial charge >= 0.3 is 0 Å². The van der Waals surface area contributed by atoms with Gasteiger partial charge in [0, 0.05) is 31.5 Å². The topological polar surface area (TPSA) is 76.4 Å². The van der Waals surface area contributed by atoms with Crippen LogP contribution in [0.3, 0.4) is 0 Å². The van der Waals surface area contributed by atoms with Gasteiger partial charge in [0.25, 0.3) is 0 Å². The third kappa shape index (κ3) is 5.36. The molecule has 8 heteroatoms. The van der Waals surface area contributed by atoms with Gasteiger partial charge in [0.1, 0.15) is 12.4 Å². The Morgan fingerprint density at radius 3 is 2.92 bits per heavy atom. The smallest absolute Gasteiger partial charge is 0.192 e. The van der Waals surface area contributed by atoms with Crippen molar-refractivity contribution in [2.75, 3.05) is 18.9 Å². The summed E-state index contributed by atoms with van der Waals surface area (Å²) >= 11 is 2.08. The number of aromatic nitrogens is 3. The summed E-state index contributed by atoms with van der Waals surface area (Å²) in [5, 5.41) is 16.2. The van der Waals surface area contributed by atoms with Gasteiger partial charge in [-0.1, -0.05) is 6.92 Å². The minimum Gasteiger partial charge on any atom is -0.376 e. The highest BCUT2D eigenvalue weighted by Gasteiger charge is 2.25. The summed E-state index contributed by atoms with van der Waals surface area (Å²) < 4.78 is 7.72. The Labute approximate surface area is 160 Å². The predicted octanol–water partition coefficient (Wildman–Crippen LogP) is 2.01. The third-order valence-corrected chi connectivity index (χ3v) is 6.44. The lowest BCUT2D eigenvalue weighted by Gasteiger charge is -2.19. The maximum absolute atomic E-state index is 5.73. The van der Waals surface area contributed by atoms with Crippen LogP contribution in [0.2, 0.25) is 0 Å². The molecule has 0 aromatic carbocycles. The second-order valence-corrected chi connectivity index (χ2v) is 8.71. The Hall–Kier alpha value is -1.28. The largest absolute Gasteiger partial charge is 0.376 e. The maximum Gasteiger partial charge on any atom is 0.192 e. The number of aryl methyl sites for hydroxylation is 1. The zero-order valence-corrected chi connectivity index (χ0v) is 17.0. The van der Waals surface area contributed by atoms with E-state index in [4.69, 9.17) is 9.73 Å². The minimum atomic E-state index is 0.297. The highest BCUT2D eigenvalue weighted by molar-refractivity contribution is 7.99. The first kappa shape index (κ1) is 19.5. The van der Waals surface area contributed by atoms with Crippen LogP contribution in [-0.4, -0.2) is 57.0 Å². The highest BCUT2D eigenvalue weighted by atomic mass is 32.2. The van der Waals surface area contributed by atoms with Gasteiger partial charge < -0.3 is 19.9 Å². The maximum atomic E-state index is 5.73. The SMILES string of the molecule is CCSC1CCC(NC(=NCc2nnc(C)n2C)NCC2CCCO2)C1. The molecule has 1 aliphatic carbocycles. The van der Waals surface area contributed by atoms with Crippen molar-refractivity contribution in [1.82, 2.24) is 25.4 Å². The van der Waals surface area contributed by atoms with E-state index in [1.54, 1.807) is 0 Å². The van der Waals surface area contributed by atoms with Gasteiger partial charge in [-0.05, 0) is 44.8 Å². The van der Waals surface area contributed by atoms with Crippen LogP contribution in [0, 0.1) is 6.92 Å². The Kier molecular flexibility index (Phi) is 7.19. The van der Waals surface area contributed by atoms with Crippen LogP contribution in [0.5, 0.6) is 0 Å². The van der Waals surface area contributed by atoms with Crippen molar-refractivity contribution in [1.29, 1.82) is 0 Å². The van der Waals surface area contributed by atoms with Crippen molar-refractivity contribution >= 4 is 17.7 Å². The quantitative estimate of drug-likeness (QED) is 0.557. The molecular formula is C18H32N6OS. The lowest BCUT2D eigenvalue weighted by molar-refractivity contribution is 0.113. The molecule has 26 heavy (non-hydrogen) atoms. The molecule has 0 amide bonds. The van der Waals surface area contributed by atoms with Crippen LogP contribution < -0.4 is 10.6 Å². The lowest BCUT2D eigenvalue weighted by Crippen LogP contribution is -2.45. The van der Waals surface area contributed by atoms with Crippen molar-refractivity contribution in [3.8, 4) is 0 Å². The molecule has 3 rings (SSSR count). The zero-order chi connectivity index (χ0) is 18.4. The van der Waals surface area contributed by atoms with Crippen molar-refractivity contribution in [2.45, 2.75) is 69.9 Å². The second-order valence-electron chi connectivity index (χ2n) is 7.13. The number of ether oxygens (including phenoxy) is 1. The molecule has 1 aliphatic heterocycles. The summed E-state index contributed by atoms with van der Waals surface area (Å²) in [7, 11) is 1.98. The first-order valence-corrected chi connectivity index (χ1v) is 10.8. The van der Waals surface area contributed by atoms with Gasteiger partial charge in [0.15, 0.2) is 11.8 Å². The van der Waals surface area contributed by atoms with E-state index in [0.29, 0.717) is 18.7 Å². The summed E-state index contributed by atoms with van der Waals surface area (Å²) in [5.74, 6) is 3.85. The minimum absolute atomic E-state index is 0.297. The normalized spacial score (nSPS) is 26.4. The average Bonchev–Trinajstić information content (AvgIpc) is 3.36. The van der Waals surface area contributed by atoms with Crippen LogP contribution in [-0.2, 0) is 18.3 Å².